The third-order valence-electron chi connectivity index (χ3n) is 24.0. The highest BCUT2D eigenvalue weighted by Crippen LogP contribution is 2.66. The summed E-state index contributed by atoms with van der Waals surface area (Å²) in [7, 11) is 0. The lowest BCUT2D eigenvalue weighted by Crippen LogP contribution is -2.31. The Balaban J connectivity index is 0.915. The van der Waals surface area contributed by atoms with E-state index in [-0.39, 0.29) is 11.8 Å². The lowest BCUT2D eigenvalue weighted by molar-refractivity contribution is 0.869. The molecule has 2 aliphatic heterocycles. The van der Waals surface area contributed by atoms with Crippen LogP contribution in [0.25, 0.3) is 111 Å². The fourth-order valence-electron chi connectivity index (χ4n) is 19.0. The van der Waals surface area contributed by atoms with Gasteiger partial charge in [-0.3, -0.25) is 0 Å². The first kappa shape index (κ1) is 62.7. The summed E-state index contributed by atoms with van der Waals surface area (Å²) >= 11 is 0. The minimum Gasteiger partial charge on any atom is -0.309 e. The molecular weight excluding hydrogens is 1310 g/mol. The van der Waals surface area contributed by atoms with Crippen molar-refractivity contribution in [2.45, 2.75) is 31.1 Å². The van der Waals surface area contributed by atoms with E-state index in [9.17, 15) is 0 Å². The second-order valence-corrected chi connectivity index (χ2v) is 30.1. The average Bonchev–Trinajstić information content (AvgIpc) is 1.04. The topological polar surface area (TPSA) is 6.48 Å². The van der Waals surface area contributed by atoms with Crippen LogP contribution < -0.4 is 9.80 Å². The Labute approximate surface area is 637 Å². The molecule has 109 heavy (non-hydrogen) atoms. The van der Waals surface area contributed by atoms with E-state index in [4.69, 9.17) is 0 Å². The van der Waals surface area contributed by atoms with Crippen LogP contribution in [0.5, 0.6) is 0 Å². The second-order valence-electron chi connectivity index (χ2n) is 30.1. The van der Waals surface area contributed by atoms with Crippen molar-refractivity contribution in [3.05, 3.63) is 455 Å². The highest BCUT2D eigenvalue weighted by atomic mass is 15.2. The van der Waals surface area contributed by atoms with Gasteiger partial charge in [0.1, 0.15) is 0 Å². The van der Waals surface area contributed by atoms with Crippen molar-refractivity contribution in [3.8, 4) is 111 Å². The number of nitrogens with zero attached hydrogens (tertiary/aromatic N) is 2. The molecule has 0 unspecified atom stereocenters. The zero-order chi connectivity index (χ0) is 71.6. The van der Waals surface area contributed by atoms with Crippen LogP contribution in [-0.4, -0.2) is 0 Å². The van der Waals surface area contributed by atoms with Crippen LogP contribution in [0.4, 0.5) is 34.1 Å². The fraction of sp³-hybridized carbons (Fsp3) is 0.0467. The van der Waals surface area contributed by atoms with Gasteiger partial charge in [0.25, 0.3) is 0 Å². The minimum absolute atomic E-state index is 0.140. The Morgan fingerprint density at radius 1 is 0.174 bits per heavy atom. The summed E-state index contributed by atoms with van der Waals surface area (Å²) in [6.07, 6.45) is 2.72. The molecule has 510 valence electrons. The van der Waals surface area contributed by atoms with Crippen LogP contribution in [-0.2, 0) is 19.3 Å². The van der Waals surface area contributed by atoms with E-state index in [1.807, 2.05) is 0 Å². The van der Waals surface area contributed by atoms with Gasteiger partial charge in [0, 0.05) is 39.7 Å². The third-order valence-corrected chi connectivity index (χ3v) is 24.0. The summed E-state index contributed by atoms with van der Waals surface area (Å²) in [6.45, 7) is 0. The Morgan fingerprint density at radius 2 is 0.468 bits per heavy atom. The van der Waals surface area contributed by atoms with Crippen LogP contribution in [0.1, 0.15) is 78.6 Å². The van der Waals surface area contributed by atoms with Gasteiger partial charge >= 0.3 is 0 Å². The molecule has 0 atom stereocenters. The number of fused-ring (bicyclic) bond motifs is 12. The zero-order valence-corrected chi connectivity index (χ0v) is 60.1. The van der Waals surface area contributed by atoms with Gasteiger partial charge in [-0.15, -0.1) is 0 Å². The van der Waals surface area contributed by atoms with Crippen molar-refractivity contribution in [2.24, 2.45) is 0 Å². The lowest BCUT2D eigenvalue weighted by atomic mass is 9.71. The SMILES string of the molecule is c1ccc(-c2cc(-c3ccccc3)c(N3c4cc(-c5ccc6c(c5)-c5ccccc5C6)ccc4C4c5ccc(-c6ccc7c(c6)-c6ccccc6C7)cc5N(c5c(-c6ccccc6)cc(-c6ccccc6)cc5-c5ccccc5)c5cc(C6c7ccccc7Cc7ccccc76)cc3c54)c(-c3ccccc3)c2)cc1. The summed E-state index contributed by atoms with van der Waals surface area (Å²) in [5.41, 5.74) is 46.4. The number of hydrogen-bond donors (Lipinski definition) is 0. The normalized spacial score (nSPS) is 13.3. The zero-order valence-electron chi connectivity index (χ0n) is 60.1. The molecular formula is C107H72N2. The first-order chi connectivity index (χ1) is 54.0. The predicted octanol–water partition coefficient (Wildman–Crippen LogP) is 28.0. The Hall–Kier alpha value is -13.7. The molecule has 3 aliphatic carbocycles. The van der Waals surface area contributed by atoms with E-state index in [0.717, 1.165) is 120 Å². The summed E-state index contributed by atoms with van der Waals surface area (Å²) in [5.74, 6) is -0.392. The summed E-state index contributed by atoms with van der Waals surface area (Å²) in [4.78, 5) is 5.52. The van der Waals surface area contributed by atoms with Gasteiger partial charge in [-0.05, 0) is 230 Å². The van der Waals surface area contributed by atoms with Gasteiger partial charge in [-0.25, -0.2) is 0 Å². The van der Waals surface area contributed by atoms with E-state index < -0.39 is 0 Å². The first-order valence-corrected chi connectivity index (χ1v) is 38.4. The van der Waals surface area contributed by atoms with Crippen molar-refractivity contribution < 1.29 is 0 Å². The molecule has 0 aromatic heterocycles. The van der Waals surface area contributed by atoms with Crippen LogP contribution in [0.2, 0.25) is 0 Å². The van der Waals surface area contributed by atoms with Gasteiger partial charge in [-0.2, -0.15) is 0 Å². The van der Waals surface area contributed by atoms with E-state index >= 15 is 0 Å². The van der Waals surface area contributed by atoms with Crippen LogP contribution in [0.3, 0.4) is 0 Å². The summed E-state index contributed by atoms with van der Waals surface area (Å²) in [6, 6.07) is 148. The van der Waals surface area contributed by atoms with Gasteiger partial charge < -0.3 is 9.80 Å². The van der Waals surface area contributed by atoms with E-state index in [1.54, 1.807) is 0 Å². The standard InChI is InChI=1S/C107H72N2/c1-7-27-68(28-8-1)84-60-95(70-31-11-3-12-32-70)106(96(61-84)71-33-13-4-14-34-71)108-99-64-76(74-47-49-82-55-78-39-19-23-43-87(78)93(82)58-74)51-53-91(99)104-92-54-52-77(75-48-50-83-56-79-40-20-24-44-88(79)94(83)59-75)65-100(92)109(102-67-86(66-101(108)105(102)104)103-89-45-25-21-41-80(89)57-81-42-22-26-46-90(81)103)107-97(72-35-15-5-16-36-72)62-85(69-29-9-2-10-30-69)63-98(107)73-37-17-6-18-38-73/h1-54,58-67,103-104H,55-57H2. The van der Waals surface area contributed by atoms with E-state index in [1.165, 1.54) is 111 Å². The number of anilines is 6. The second kappa shape index (κ2) is 25.6. The van der Waals surface area contributed by atoms with Crippen molar-refractivity contribution in [3.63, 3.8) is 0 Å². The van der Waals surface area contributed by atoms with Gasteiger partial charge in [0.2, 0.25) is 0 Å². The molecule has 17 aromatic rings. The molecule has 0 amide bonds. The molecule has 0 fully saturated rings. The van der Waals surface area contributed by atoms with Crippen LogP contribution >= 0.6 is 0 Å². The Bertz CT molecular complexity index is 5990. The molecule has 2 heterocycles. The molecule has 0 saturated carbocycles. The van der Waals surface area contributed by atoms with Crippen LogP contribution in [0.15, 0.2) is 388 Å². The van der Waals surface area contributed by atoms with E-state index in [0.29, 0.717) is 0 Å². The maximum absolute atomic E-state index is 2.76. The highest BCUT2D eigenvalue weighted by Gasteiger charge is 2.45. The summed E-state index contributed by atoms with van der Waals surface area (Å²) in [5, 5.41) is 0. The van der Waals surface area contributed by atoms with Crippen molar-refractivity contribution in [1.29, 1.82) is 0 Å². The van der Waals surface area contributed by atoms with Gasteiger partial charge in [0.15, 0.2) is 0 Å². The first-order valence-electron chi connectivity index (χ1n) is 38.4. The van der Waals surface area contributed by atoms with Crippen molar-refractivity contribution in [2.75, 3.05) is 9.80 Å². The fourth-order valence-corrected chi connectivity index (χ4v) is 19.0. The van der Waals surface area contributed by atoms with Gasteiger partial charge in [0.05, 0.1) is 34.1 Å². The van der Waals surface area contributed by atoms with Crippen LogP contribution in [0, 0.1) is 0 Å². The quantitative estimate of drug-likeness (QED) is 0.127. The third kappa shape index (κ3) is 10.4. The molecule has 0 bridgehead atoms. The molecule has 2 nitrogen and oxygen atoms in total. The van der Waals surface area contributed by atoms with Gasteiger partial charge in [-0.1, -0.05) is 328 Å². The highest BCUT2D eigenvalue weighted by molar-refractivity contribution is 6.09. The molecule has 0 N–H and O–H groups in total. The lowest BCUT2D eigenvalue weighted by Gasteiger charge is -2.47. The molecule has 0 spiro atoms. The molecule has 0 radical (unpaired) electrons. The number of benzene rings is 17. The van der Waals surface area contributed by atoms with Crippen molar-refractivity contribution in [1.82, 2.24) is 0 Å². The maximum atomic E-state index is 2.76. The molecule has 0 saturated heterocycles. The molecule has 17 aromatic carbocycles. The van der Waals surface area contributed by atoms with E-state index in [2.05, 4.69) is 398 Å². The average molecular weight is 1390 g/mol. The predicted molar refractivity (Wildman–Crippen MR) is 453 cm³/mol. The largest absolute Gasteiger partial charge is 0.309 e. The molecule has 2 heteroatoms. The number of hydrogen-bond acceptors (Lipinski definition) is 2. The Morgan fingerprint density at radius 3 is 0.853 bits per heavy atom. The smallest absolute Gasteiger partial charge is 0.0619 e. The molecule has 22 rings (SSSR count). The minimum atomic E-state index is -0.253. The monoisotopic (exact) mass is 1380 g/mol. The molecule has 5 aliphatic rings. The Kier molecular flexibility index (Phi) is 14.7. The maximum Gasteiger partial charge on any atom is 0.0619 e. The van der Waals surface area contributed by atoms with Crippen molar-refractivity contribution >= 4 is 34.1 Å². The summed E-state index contributed by atoms with van der Waals surface area (Å²) < 4.78 is 0. The number of rotatable bonds is 11.